The van der Waals surface area contributed by atoms with Gasteiger partial charge in [0.05, 0.1) is 6.61 Å². The molecule has 0 atom stereocenters. The lowest BCUT2D eigenvalue weighted by Crippen LogP contribution is -2.07. The molecule has 2 aromatic rings. The second-order valence-electron chi connectivity index (χ2n) is 5.21. The molecular weight excluding hydrogens is 328 g/mol. The molecule has 0 saturated heterocycles. The quantitative estimate of drug-likeness (QED) is 0.341. The average Bonchev–Trinajstić information content (AvgIpc) is 3.00. The Balaban J connectivity index is 1.85. The van der Waals surface area contributed by atoms with E-state index in [2.05, 4.69) is 22.1 Å². The Bertz CT molecular complexity index is 675. The second-order valence-corrected chi connectivity index (χ2v) is 6.27. The lowest BCUT2D eigenvalue weighted by Gasteiger charge is -2.12. The van der Waals surface area contributed by atoms with Crippen molar-refractivity contribution in [3.05, 3.63) is 29.3 Å². The van der Waals surface area contributed by atoms with E-state index in [1.54, 1.807) is 12.1 Å². The fourth-order valence-electron chi connectivity index (χ4n) is 2.18. The zero-order valence-corrected chi connectivity index (χ0v) is 14.4. The summed E-state index contributed by atoms with van der Waals surface area (Å²) in [6, 6.07) is 5.30. The first-order valence-electron chi connectivity index (χ1n) is 7.84. The average molecular weight is 350 g/mol. The van der Waals surface area contributed by atoms with Gasteiger partial charge in [-0.3, -0.25) is 4.79 Å². The molecule has 0 aliphatic rings. The Morgan fingerprint density at radius 3 is 2.96 bits per heavy atom. The fraction of sp³-hybridized carbons (Fsp3) is 0.438. The van der Waals surface area contributed by atoms with Crippen LogP contribution in [0.25, 0.3) is 0 Å². The predicted molar refractivity (Wildman–Crippen MR) is 93.5 cm³/mol. The van der Waals surface area contributed by atoms with Crippen LogP contribution in [0.15, 0.2) is 23.4 Å². The highest BCUT2D eigenvalue weighted by Gasteiger charge is 2.10. The van der Waals surface area contributed by atoms with E-state index in [1.807, 2.05) is 6.07 Å². The normalized spacial score (nSPS) is 10.8. The molecule has 1 aromatic carbocycles. The number of thioether (sulfide) groups is 1. The van der Waals surface area contributed by atoms with Gasteiger partial charge in [0.15, 0.2) is 5.78 Å². The minimum atomic E-state index is -0.477. The Morgan fingerprint density at radius 2 is 2.29 bits per heavy atom. The number of Topliss-reactive ketones (excluding diaryl/α,β-unsaturated/α-hetero) is 1. The van der Waals surface area contributed by atoms with Gasteiger partial charge in [-0.05, 0) is 36.6 Å². The molecule has 1 heterocycles. The third-order valence-corrected chi connectivity index (χ3v) is 4.24. The number of aryl methyl sites for hydroxylation is 1. The molecule has 8 heteroatoms. The van der Waals surface area contributed by atoms with Gasteiger partial charge in [0, 0.05) is 11.3 Å². The van der Waals surface area contributed by atoms with Gasteiger partial charge >= 0.3 is 0 Å². The van der Waals surface area contributed by atoms with E-state index in [1.165, 1.54) is 11.8 Å². The number of aliphatic hydroxyl groups excluding tert-OH is 1. The number of aliphatic hydroxyl groups is 1. The van der Waals surface area contributed by atoms with Crippen LogP contribution in [0.2, 0.25) is 0 Å². The number of nitrogen functional groups attached to an aromatic ring is 1. The Hall–Kier alpha value is -2.06. The Labute approximate surface area is 145 Å². The van der Waals surface area contributed by atoms with Crippen molar-refractivity contribution in [1.29, 1.82) is 0 Å². The molecule has 1 aromatic heterocycles. The van der Waals surface area contributed by atoms with E-state index in [-0.39, 0.29) is 5.78 Å². The van der Waals surface area contributed by atoms with Crippen molar-refractivity contribution in [3.8, 4) is 5.75 Å². The van der Waals surface area contributed by atoms with Crippen molar-refractivity contribution in [2.45, 2.75) is 31.3 Å². The van der Waals surface area contributed by atoms with Crippen molar-refractivity contribution in [1.82, 2.24) is 15.2 Å². The van der Waals surface area contributed by atoms with Gasteiger partial charge in [0.25, 0.3) is 0 Å². The summed E-state index contributed by atoms with van der Waals surface area (Å²) < 4.78 is 5.84. The van der Waals surface area contributed by atoms with Crippen LogP contribution in [-0.4, -0.2) is 45.0 Å². The molecule has 0 bridgehead atoms. The molecule has 0 radical (unpaired) electrons. The Kier molecular flexibility index (Phi) is 7.07. The molecule has 0 fully saturated rings. The molecule has 2 rings (SSSR count). The highest BCUT2D eigenvalue weighted by Crippen LogP contribution is 2.23. The van der Waals surface area contributed by atoms with Crippen molar-refractivity contribution in [3.63, 3.8) is 0 Å². The van der Waals surface area contributed by atoms with Crippen LogP contribution >= 0.6 is 11.8 Å². The standard InChI is InChI=1S/C16H22N4O3S/c1-2-4-12-9-11(13(22)10-21)5-6-14(12)23-7-3-8-24-16-18-15(17)19-20-16/h5-6,9,21H,2-4,7-8,10H2,1H3,(H3,17,18,19,20). The number of hydrogen-bond donors (Lipinski definition) is 3. The zero-order valence-electron chi connectivity index (χ0n) is 13.6. The molecule has 0 aliphatic heterocycles. The number of carbonyl (C=O) groups excluding carboxylic acids is 1. The number of aromatic amines is 1. The summed E-state index contributed by atoms with van der Waals surface area (Å²) >= 11 is 1.51. The molecular formula is C16H22N4O3S. The lowest BCUT2D eigenvalue weighted by atomic mass is 10.0. The van der Waals surface area contributed by atoms with Crippen LogP contribution in [0.1, 0.15) is 35.7 Å². The topological polar surface area (TPSA) is 114 Å². The maximum atomic E-state index is 11.6. The van der Waals surface area contributed by atoms with Crippen molar-refractivity contribution in [2.24, 2.45) is 0 Å². The summed E-state index contributed by atoms with van der Waals surface area (Å²) in [6.07, 6.45) is 2.62. The van der Waals surface area contributed by atoms with Crippen LogP contribution in [0, 0.1) is 0 Å². The van der Waals surface area contributed by atoms with E-state index >= 15 is 0 Å². The molecule has 130 valence electrons. The largest absolute Gasteiger partial charge is 0.493 e. The molecule has 0 saturated carbocycles. The molecule has 4 N–H and O–H groups in total. The number of anilines is 1. The number of aromatic nitrogens is 3. The summed E-state index contributed by atoms with van der Waals surface area (Å²) in [7, 11) is 0. The molecule has 0 unspecified atom stereocenters. The number of hydrogen-bond acceptors (Lipinski definition) is 7. The molecule has 0 aliphatic carbocycles. The van der Waals surface area contributed by atoms with Crippen LogP contribution < -0.4 is 10.5 Å². The maximum Gasteiger partial charge on any atom is 0.216 e. The van der Waals surface area contributed by atoms with Crippen LogP contribution in [0.5, 0.6) is 5.75 Å². The number of H-pyrrole nitrogens is 1. The number of carbonyl (C=O) groups is 1. The maximum absolute atomic E-state index is 11.6. The fourth-order valence-corrected chi connectivity index (χ4v) is 2.89. The minimum Gasteiger partial charge on any atom is -0.493 e. The van der Waals surface area contributed by atoms with E-state index < -0.39 is 6.61 Å². The van der Waals surface area contributed by atoms with E-state index in [9.17, 15) is 4.79 Å². The Morgan fingerprint density at radius 1 is 1.46 bits per heavy atom. The van der Waals surface area contributed by atoms with Gasteiger partial charge in [-0.25, -0.2) is 5.10 Å². The van der Waals surface area contributed by atoms with Crippen molar-refractivity contribution < 1.29 is 14.6 Å². The monoisotopic (exact) mass is 350 g/mol. The van der Waals surface area contributed by atoms with E-state index in [0.29, 0.717) is 23.3 Å². The minimum absolute atomic E-state index is 0.277. The first-order valence-corrected chi connectivity index (χ1v) is 8.83. The smallest absolute Gasteiger partial charge is 0.216 e. The van der Waals surface area contributed by atoms with Crippen LogP contribution in [-0.2, 0) is 6.42 Å². The number of ketones is 1. The third-order valence-electron chi connectivity index (χ3n) is 3.30. The number of ether oxygens (including phenoxy) is 1. The van der Waals surface area contributed by atoms with Gasteiger partial charge in [0.2, 0.25) is 11.1 Å². The van der Waals surface area contributed by atoms with Gasteiger partial charge in [-0.1, -0.05) is 25.1 Å². The lowest BCUT2D eigenvalue weighted by molar-refractivity contribution is 0.0903. The molecule has 24 heavy (non-hydrogen) atoms. The van der Waals surface area contributed by atoms with Crippen LogP contribution in [0.3, 0.4) is 0 Å². The van der Waals surface area contributed by atoms with Crippen molar-refractivity contribution >= 4 is 23.5 Å². The van der Waals surface area contributed by atoms with Gasteiger partial charge in [0.1, 0.15) is 12.4 Å². The predicted octanol–water partition coefficient (Wildman–Crippen LogP) is 2.08. The van der Waals surface area contributed by atoms with Gasteiger partial charge in [-0.15, -0.1) is 5.10 Å². The van der Waals surface area contributed by atoms with E-state index in [4.69, 9.17) is 15.6 Å². The molecule has 0 spiro atoms. The summed E-state index contributed by atoms with van der Waals surface area (Å²) in [5.74, 6) is 1.65. The highest BCUT2D eigenvalue weighted by atomic mass is 32.2. The second kappa shape index (κ2) is 9.29. The number of nitrogens with two attached hydrogens (primary N) is 1. The molecule has 7 nitrogen and oxygen atoms in total. The summed E-state index contributed by atoms with van der Waals surface area (Å²) in [5, 5.41) is 16.1. The van der Waals surface area contributed by atoms with Crippen molar-refractivity contribution in [2.75, 3.05) is 24.7 Å². The first kappa shape index (κ1) is 18.3. The number of nitrogens with one attached hydrogen (secondary N) is 1. The number of rotatable bonds is 10. The number of benzene rings is 1. The van der Waals surface area contributed by atoms with E-state index in [0.717, 1.165) is 36.3 Å². The van der Waals surface area contributed by atoms with Gasteiger partial charge < -0.3 is 15.6 Å². The number of nitrogens with zero attached hydrogens (tertiary/aromatic N) is 2. The zero-order chi connectivity index (χ0) is 17.4. The first-order chi connectivity index (χ1) is 11.6. The highest BCUT2D eigenvalue weighted by molar-refractivity contribution is 7.99. The summed E-state index contributed by atoms with van der Waals surface area (Å²) in [6.45, 7) is 2.16. The van der Waals surface area contributed by atoms with Crippen LogP contribution in [0.4, 0.5) is 5.95 Å². The summed E-state index contributed by atoms with van der Waals surface area (Å²) in [5.41, 5.74) is 6.98. The summed E-state index contributed by atoms with van der Waals surface area (Å²) in [4.78, 5) is 15.6. The SMILES string of the molecule is CCCc1cc(C(=O)CO)ccc1OCCCSc1n[nH]c(N)n1. The van der Waals surface area contributed by atoms with Gasteiger partial charge in [-0.2, -0.15) is 4.98 Å². The third kappa shape index (κ3) is 5.24. The molecule has 0 amide bonds.